The molecule has 4 rings (SSSR count). The van der Waals surface area contributed by atoms with Gasteiger partial charge in [0.05, 0.1) is 26.1 Å². The average molecular weight is 1290 g/mol. The van der Waals surface area contributed by atoms with Crippen molar-refractivity contribution in [2.45, 2.75) is 290 Å². The molecule has 0 aromatic heterocycles. The fourth-order valence-electron chi connectivity index (χ4n) is 12.1. The van der Waals surface area contributed by atoms with Gasteiger partial charge in [0.2, 0.25) is 0 Å². The lowest BCUT2D eigenvalue weighted by Gasteiger charge is -2.32. The van der Waals surface area contributed by atoms with E-state index < -0.39 is 0 Å². The Hall–Kier alpha value is -3.85. The number of nitrogens with zero attached hydrogens (tertiary/aromatic N) is 2. The third-order valence-corrected chi connectivity index (χ3v) is 20.4. The second-order valence-electron chi connectivity index (χ2n) is 25.9. The number of hydrogen-bond acceptors (Lipinski definition) is 14. The van der Waals surface area contributed by atoms with Gasteiger partial charge in [0.15, 0.2) is 0 Å². The van der Waals surface area contributed by atoms with Crippen LogP contribution in [0.5, 0.6) is 11.5 Å². The Bertz CT molecular complexity index is 2160. The molecule has 0 aliphatic carbocycles. The lowest BCUT2D eigenvalue weighted by molar-refractivity contribution is -0.150. The molecule has 0 N–H and O–H groups in total. The molecule has 14 heteroatoms. The number of carbonyl (C=O) groups is 5. The van der Waals surface area contributed by atoms with E-state index in [4.69, 9.17) is 23.7 Å². The normalized spacial score (nSPS) is 14.7. The van der Waals surface area contributed by atoms with Gasteiger partial charge in [-0.1, -0.05) is 201 Å². The molecule has 2 aromatic carbocycles. The molecule has 0 bridgehead atoms. The summed E-state index contributed by atoms with van der Waals surface area (Å²) in [4.78, 5) is 68.1. The van der Waals surface area contributed by atoms with Gasteiger partial charge in [0, 0.05) is 43.9 Å². The van der Waals surface area contributed by atoms with E-state index in [2.05, 4.69) is 42.7 Å². The van der Waals surface area contributed by atoms with E-state index in [0.717, 1.165) is 184 Å². The number of unbranched alkanes of at least 4 members (excludes halogenated alkanes) is 23. The first-order valence-electron chi connectivity index (χ1n) is 36.6. The van der Waals surface area contributed by atoms with Gasteiger partial charge in [-0.25, -0.2) is 0 Å². The van der Waals surface area contributed by atoms with Crippen LogP contribution < -0.4 is 9.47 Å². The maximum absolute atomic E-state index is 12.7. The van der Waals surface area contributed by atoms with Crippen LogP contribution in [0.25, 0.3) is 0 Å². The third kappa shape index (κ3) is 41.7. The molecule has 2 aliphatic rings. The molecule has 2 aliphatic heterocycles. The van der Waals surface area contributed by atoms with Crippen LogP contribution in [0.2, 0.25) is 0 Å². The summed E-state index contributed by atoms with van der Waals surface area (Å²) >= 11 is 0. The molecule has 2 heterocycles. The lowest BCUT2D eigenvalue weighted by atomic mass is 9.94. The molecule has 0 amide bonds. The minimum absolute atomic E-state index is 0.0570. The van der Waals surface area contributed by atoms with Crippen molar-refractivity contribution in [3.05, 3.63) is 71.8 Å². The molecular formula is C76H124N2O10S2. The SMILES string of the molecule is CCCCCCCC/C=C\CCCCCCCC(=O)Oc1ccc(CC(=O)OCCC2CCN(CCSSCCN3CCC(CCOC(=O)Cc4ccc(OC(=O)CCCCCCCC(=O)OC(CCCCCC)CCCCCCCC)cc4)CC3)CC2)cc1. The highest BCUT2D eigenvalue weighted by molar-refractivity contribution is 8.76. The van der Waals surface area contributed by atoms with Gasteiger partial charge in [-0.3, -0.25) is 24.0 Å². The van der Waals surface area contributed by atoms with E-state index in [-0.39, 0.29) is 48.8 Å². The molecule has 2 fully saturated rings. The number of hydrogen-bond donors (Lipinski definition) is 0. The van der Waals surface area contributed by atoms with E-state index in [9.17, 15) is 24.0 Å². The smallest absolute Gasteiger partial charge is 0.311 e. The highest BCUT2D eigenvalue weighted by atomic mass is 33.1. The number of piperidine rings is 2. The summed E-state index contributed by atoms with van der Waals surface area (Å²) in [5.74, 6) is 3.46. The van der Waals surface area contributed by atoms with Crippen molar-refractivity contribution in [1.82, 2.24) is 9.80 Å². The zero-order valence-electron chi connectivity index (χ0n) is 56.9. The van der Waals surface area contributed by atoms with Crippen LogP contribution >= 0.6 is 21.6 Å². The minimum atomic E-state index is -0.255. The first kappa shape index (κ1) is 78.6. The Morgan fingerprint density at radius 2 is 0.778 bits per heavy atom. The van der Waals surface area contributed by atoms with E-state index in [1.807, 2.05) is 45.9 Å². The number of esters is 5. The number of ether oxygens (including phenoxy) is 5. The zero-order valence-corrected chi connectivity index (χ0v) is 58.5. The number of likely N-dealkylation sites (tertiary alicyclic amines) is 2. The molecule has 90 heavy (non-hydrogen) atoms. The largest absolute Gasteiger partial charge is 0.465 e. The topological polar surface area (TPSA) is 138 Å². The number of carbonyl (C=O) groups excluding carboxylic acids is 5. The van der Waals surface area contributed by atoms with Crippen molar-refractivity contribution in [2.24, 2.45) is 11.8 Å². The van der Waals surface area contributed by atoms with Crippen LogP contribution in [0.3, 0.4) is 0 Å². The van der Waals surface area contributed by atoms with E-state index in [0.29, 0.717) is 55.8 Å². The van der Waals surface area contributed by atoms with Gasteiger partial charge in [-0.15, -0.1) is 0 Å². The average Bonchev–Trinajstić information content (AvgIpc) is 3.58. The predicted octanol–water partition coefficient (Wildman–Crippen LogP) is 19.4. The van der Waals surface area contributed by atoms with Crippen LogP contribution in [-0.2, 0) is 51.0 Å². The maximum atomic E-state index is 12.7. The Morgan fingerprint density at radius 1 is 0.433 bits per heavy atom. The Labute approximate surface area is 555 Å². The first-order valence-corrected chi connectivity index (χ1v) is 39.0. The summed E-state index contributed by atoms with van der Waals surface area (Å²) in [6.07, 6.45) is 47.4. The summed E-state index contributed by atoms with van der Waals surface area (Å²) in [5, 5.41) is 0. The van der Waals surface area contributed by atoms with Crippen LogP contribution in [0.15, 0.2) is 60.7 Å². The molecule has 1 atom stereocenters. The summed E-state index contributed by atoms with van der Waals surface area (Å²) < 4.78 is 28.4. The molecule has 0 saturated carbocycles. The second kappa shape index (κ2) is 53.5. The van der Waals surface area contributed by atoms with Gasteiger partial charge < -0.3 is 33.5 Å². The molecule has 0 radical (unpaired) electrons. The maximum Gasteiger partial charge on any atom is 0.311 e. The fraction of sp³-hybridized carbons (Fsp3) is 0.750. The first-order chi connectivity index (χ1) is 44.1. The molecule has 12 nitrogen and oxygen atoms in total. The highest BCUT2D eigenvalue weighted by Crippen LogP contribution is 2.27. The number of allylic oxidation sites excluding steroid dienone is 2. The highest BCUT2D eigenvalue weighted by Gasteiger charge is 2.22. The molecular weight excluding hydrogens is 1160 g/mol. The third-order valence-electron chi connectivity index (χ3n) is 18.0. The molecule has 2 saturated heterocycles. The quantitative estimate of drug-likeness (QED) is 0.0155. The van der Waals surface area contributed by atoms with E-state index in [1.165, 1.54) is 109 Å². The summed E-state index contributed by atoms with van der Waals surface area (Å²) in [6.45, 7) is 14.3. The van der Waals surface area contributed by atoms with Crippen molar-refractivity contribution in [3.63, 3.8) is 0 Å². The van der Waals surface area contributed by atoms with Gasteiger partial charge in [0.1, 0.15) is 17.6 Å². The molecule has 2 aromatic rings. The predicted molar refractivity (Wildman–Crippen MR) is 374 cm³/mol. The lowest BCUT2D eigenvalue weighted by Crippen LogP contribution is -2.36. The Kier molecular flexibility index (Phi) is 46.7. The summed E-state index contributed by atoms with van der Waals surface area (Å²) in [6, 6.07) is 14.4. The van der Waals surface area contributed by atoms with Gasteiger partial charge in [0.25, 0.3) is 0 Å². The monoisotopic (exact) mass is 1290 g/mol. The van der Waals surface area contributed by atoms with Crippen LogP contribution in [-0.4, -0.2) is 110 Å². The summed E-state index contributed by atoms with van der Waals surface area (Å²) in [5.41, 5.74) is 1.69. The van der Waals surface area contributed by atoms with Crippen molar-refractivity contribution in [3.8, 4) is 11.5 Å². The number of benzene rings is 2. The van der Waals surface area contributed by atoms with Gasteiger partial charge >= 0.3 is 29.8 Å². The minimum Gasteiger partial charge on any atom is -0.465 e. The number of rotatable bonds is 55. The van der Waals surface area contributed by atoms with Crippen molar-refractivity contribution < 1.29 is 47.7 Å². The molecule has 0 spiro atoms. The zero-order chi connectivity index (χ0) is 64.2. The van der Waals surface area contributed by atoms with E-state index >= 15 is 0 Å². The van der Waals surface area contributed by atoms with Crippen LogP contribution in [0.4, 0.5) is 0 Å². The van der Waals surface area contributed by atoms with Gasteiger partial charge in [-0.2, -0.15) is 0 Å². The van der Waals surface area contributed by atoms with Crippen molar-refractivity contribution in [1.29, 1.82) is 0 Å². The van der Waals surface area contributed by atoms with Crippen LogP contribution in [0.1, 0.15) is 282 Å². The Morgan fingerprint density at radius 3 is 1.18 bits per heavy atom. The molecule has 1 unspecified atom stereocenters. The fourth-order valence-corrected chi connectivity index (χ4v) is 14.2. The molecule has 510 valence electrons. The van der Waals surface area contributed by atoms with Gasteiger partial charge in [-0.05, 0) is 183 Å². The Balaban J connectivity index is 0.899. The van der Waals surface area contributed by atoms with E-state index in [1.54, 1.807) is 24.3 Å². The summed E-state index contributed by atoms with van der Waals surface area (Å²) in [7, 11) is 3.97. The van der Waals surface area contributed by atoms with Crippen molar-refractivity contribution in [2.75, 3.05) is 64.0 Å². The van der Waals surface area contributed by atoms with Crippen molar-refractivity contribution >= 4 is 51.4 Å². The second-order valence-corrected chi connectivity index (χ2v) is 28.6. The standard InChI is InChI=1S/C76H124N2O10S2/c1-4-7-10-13-15-16-17-18-19-20-21-22-23-26-31-37-73(80)87-70-43-39-67(40-44-70)63-75(82)84-59-51-65-47-53-77(54-48-65)57-61-89-90-62-58-78-55-49-66(50-56-78)52-60-85-76(83)64-68-41-45-71(46-42-68)88-74(81)38-33-28-24-27-32-36-72(79)86-69(34-29-12-9-6-3)35-30-25-14-11-8-5-2/h18-19,39-46,65-66,69H,4-17,20-38,47-64H2,1-3H3/b19-18-. The van der Waals surface area contributed by atoms with Crippen LogP contribution in [0, 0.1) is 11.8 Å².